The third kappa shape index (κ3) is 4.22. The molecule has 2 fully saturated rings. The molecule has 2 aromatic heterocycles. The lowest BCUT2D eigenvalue weighted by atomic mass is 9.83. The molecule has 0 spiro atoms. The SMILES string of the molecule is O=C(C=CCN1CC2CC(C1)c1cccc(=O)n1C2)N1CCCCC1c1cccnc1. The smallest absolute Gasteiger partial charge is 0.250 e. The maximum atomic E-state index is 13.0. The molecule has 31 heavy (non-hydrogen) atoms. The summed E-state index contributed by atoms with van der Waals surface area (Å²) in [6.07, 6.45) is 11.8. The van der Waals surface area contributed by atoms with Crippen molar-refractivity contribution in [1.82, 2.24) is 19.4 Å². The number of amides is 1. The zero-order valence-electron chi connectivity index (χ0n) is 17.9. The molecular weight excluding hydrogens is 388 g/mol. The standard InChI is InChI=1S/C25H30N4O2/c30-24(28-13-2-1-7-22(28)20-6-4-11-26-15-20)10-5-12-27-16-19-14-21(18-27)23-8-3-9-25(31)29(23)17-19/h3-6,8-11,15,19,21-22H,1-2,7,12-14,16-18H2. The zero-order valence-corrected chi connectivity index (χ0v) is 17.9. The number of carbonyl (C=O) groups excluding carboxylic acids is 1. The van der Waals surface area contributed by atoms with Crippen molar-refractivity contribution in [3.05, 3.63) is 76.5 Å². The Hall–Kier alpha value is -2.73. The Morgan fingerprint density at radius 2 is 2.06 bits per heavy atom. The predicted molar refractivity (Wildman–Crippen MR) is 120 cm³/mol. The Kier molecular flexibility index (Phi) is 5.72. The first-order valence-corrected chi connectivity index (χ1v) is 11.5. The van der Waals surface area contributed by atoms with Gasteiger partial charge in [0, 0.05) is 68.9 Å². The molecule has 3 aliphatic heterocycles. The van der Waals surface area contributed by atoms with E-state index in [9.17, 15) is 9.59 Å². The summed E-state index contributed by atoms with van der Waals surface area (Å²) in [5.74, 6) is 1.01. The molecule has 5 rings (SSSR count). The number of likely N-dealkylation sites (tertiary alicyclic amines) is 2. The maximum Gasteiger partial charge on any atom is 0.250 e. The van der Waals surface area contributed by atoms with Crippen molar-refractivity contribution in [3.8, 4) is 0 Å². The molecule has 5 heterocycles. The number of carbonyl (C=O) groups is 1. The molecule has 0 saturated carbocycles. The number of fused-ring (bicyclic) bond motifs is 4. The summed E-state index contributed by atoms with van der Waals surface area (Å²) in [4.78, 5) is 33.9. The number of pyridine rings is 2. The van der Waals surface area contributed by atoms with E-state index in [1.54, 1.807) is 18.3 Å². The number of nitrogens with zero attached hydrogens (tertiary/aromatic N) is 4. The summed E-state index contributed by atoms with van der Waals surface area (Å²) < 4.78 is 1.96. The van der Waals surface area contributed by atoms with Crippen LogP contribution in [0.4, 0.5) is 0 Å². The summed E-state index contributed by atoms with van der Waals surface area (Å²) in [7, 11) is 0. The summed E-state index contributed by atoms with van der Waals surface area (Å²) in [6.45, 7) is 4.33. The lowest BCUT2D eigenvalue weighted by Gasteiger charge is -2.42. The quantitative estimate of drug-likeness (QED) is 0.717. The van der Waals surface area contributed by atoms with Gasteiger partial charge in [-0.3, -0.25) is 19.5 Å². The van der Waals surface area contributed by atoms with Crippen LogP contribution >= 0.6 is 0 Å². The monoisotopic (exact) mass is 418 g/mol. The molecule has 162 valence electrons. The van der Waals surface area contributed by atoms with E-state index in [1.165, 1.54) is 5.69 Å². The Balaban J connectivity index is 1.23. The van der Waals surface area contributed by atoms with Gasteiger partial charge >= 0.3 is 0 Å². The van der Waals surface area contributed by atoms with Crippen LogP contribution in [-0.2, 0) is 11.3 Å². The van der Waals surface area contributed by atoms with Crippen molar-refractivity contribution in [2.24, 2.45) is 5.92 Å². The Bertz CT molecular complexity index is 1020. The lowest BCUT2D eigenvalue weighted by Crippen LogP contribution is -2.47. The molecule has 2 bridgehead atoms. The first kappa shape index (κ1) is 20.2. The first-order valence-electron chi connectivity index (χ1n) is 11.5. The molecule has 0 N–H and O–H groups in total. The Morgan fingerprint density at radius 3 is 2.94 bits per heavy atom. The van der Waals surface area contributed by atoms with Gasteiger partial charge in [-0.2, -0.15) is 0 Å². The largest absolute Gasteiger partial charge is 0.332 e. The summed E-state index contributed by atoms with van der Waals surface area (Å²) in [5.41, 5.74) is 2.42. The van der Waals surface area contributed by atoms with Crippen LogP contribution in [-0.4, -0.2) is 51.4 Å². The van der Waals surface area contributed by atoms with E-state index in [-0.39, 0.29) is 17.5 Å². The van der Waals surface area contributed by atoms with Crippen LogP contribution in [0.15, 0.2) is 59.7 Å². The minimum absolute atomic E-state index is 0.0997. The Morgan fingerprint density at radius 1 is 1.13 bits per heavy atom. The van der Waals surface area contributed by atoms with E-state index in [0.717, 1.165) is 64.0 Å². The van der Waals surface area contributed by atoms with Gasteiger partial charge < -0.3 is 9.47 Å². The van der Waals surface area contributed by atoms with Crippen molar-refractivity contribution in [3.63, 3.8) is 0 Å². The second kappa shape index (κ2) is 8.79. The fourth-order valence-corrected chi connectivity index (χ4v) is 5.66. The highest BCUT2D eigenvalue weighted by Crippen LogP contribution is 2.35. The second-order valence-corrected chi connectivity index (χ2v) is 9.15. The Labute approximate surface area is 183 Å². The first-order chi connectivity index (χ1) is 15.2. The number of piperidine rings is 2. The van der Waals surface area contributed by atoms with Gasteiger partial charge in [-0.25, -0.2) is 0 Å². The molecule has 6 heteroatoms. The van der Waals surface area contributed by atoms with E-state index >= 15 is 0 Å². The van der Waals surface area contributed by atoms with Crippen LogP contribution in [0.1, 0.15) is 48.9 Å². The van der Waals surface area contributed by atoms with Crippen LogP contribution < -0.4 is 5.56 Å². The fourth-order valence-electron chi connectivity index (χ4n) is 5.66. The number of hydrogen-bond donors (Lipinski definition) is 0. The van der Waals surface area contributed by atoms with Gasteiger partial charge in [-0.05, 0) is 49.3 Å². The summed E-state index contributed by atoms with van der Waals surface area (Å²) in [5, 5.41) is 0. The van der Waals surface area contributed by atoms with Crippen LogP contribution in [0.3, 0.4) is 0 Å². The van der Waals surface area contributed by atoms with E-state index in [1.807, 2.05) is 33.9 Å². The lowest BCUT2D eigenvalue weighted by molar-refractivity contribution is -0.129. The summed E-state index contributed by atoms with van der Waals surface area (Å²) >= 11 is 0. The van der Waals surface area contributed by atoms with Crippen LogP contribution in [0, 0.1) is 5.92 Å². The van der Waals surface area contributed by atoms with E-state index in [4.69, 9.17) is 0 Å². The van der Waals surface area contributed by atoms with Gasteiger partial charge in [0.1, 0.15) is 0 Å². The molecule has 2 saturated heterocycles. The molecule has 6 nitrogen and oxygen atoms in total. The fraction of sp³-hybridized carbons (Fsp3) is 0.480. The van der Waals surface area contributed by atoms with Gasteiger partial charge in [0.2, 0.25) is 5.91 Å². The molecule has 3 aliphatic rings. The number of aromatic nitrogens is 2. The average Bonchev–Trinajstić information content (AvgIpc) is 2.80. The highest BCUT2D eigenvalue weighted by molar-refractivity contribution is 5.88. The minimum Gasteiger partial charge on any atom is -0.332 e. The highest BCUT2D eigenvalue weighted by Gasteiger charge is 2.34. The molecule has 0 radical (unpaired) electrons. The molecule has 0 aromatic carbocycles. The van der Waals surface area contributed by atoms with Crippen LogP contribution in [0.2, 0.25) is 0 Å². The van der Waals surface area contributed by atoms with Crippen molar-refractivity contribution in [2.75, 3.05) is 26.2 Å². The topological polar surface area (TPSA) is 58.4 Å². The highest BCUT2D eigenvalue weighted by atomic mass is 16.2. The molecule has 2 aromatic rings. The van der Waals surface area contributed by atoms with Crippen molar-refractivity contribution >= 4 is 5.91 Å². The van der Waals surface area contributed by atoms with Gasteiger partial charge in [0.05, 0.1) is 6.04 Å². The molecule has 3 unspecified atom stereocenters. The van der Waals surface area contributed by atoms with Gasteiger partial charge in [0.15, 0.2) is 0 Å². The van der Waals surface area contributed by atoms with Gasteiger partial charge in [0.25, 0.3) is 5.56 Å². The van der Waals surface area contributed by atoms with Crippen molar-refractivity contribution < 1.29 is 4.79 Å². The molecule has 0 aliphatic carbocycles. The molecule has 3 atom stereocenters. The number of hydrogen-bond acceptors (Lipinski definition) is 4. The van der Waals surface area contributed by atoms with Crippen LogP contribution in [0.5, 0.6) is 0 Å². The maximum absolute atomic E-state index is 13.0. The third-order valence-electron chi connectivity index (χ3n) is 7.03. The predicted octanol–water partition coefficient (Wildman–Crippen LogP) is 2.97. The van der Waals surface area contributed by atoms with Gasteiger partial charge in [-0.1, -0.05) is 18.2 Å². The third-order valence-corrected chi connectivity index (χ3v) is 7.03. The van der Waals surface area contributed by atoms with Crippen LogP contribution in [0.25, 0.3) is 0 Å². The van der Waals surface area contributed by atoms with E-state index in [2.05, 4.69) is 22.0 Å². The van der Waals surface area contributed by atoms with Crippen molar-refractivity contribution in [1.29, 1.82) is 0 Å². The van der Waals surface area contributed by atoms with Gasteiger partial charge in [-0.15, -0.1) is 0 Å². The van der Waals surface area contributed by atoms with Crippen molar-refractivity contribution in [2.45, 2.75) is 44.2 Å². The molecule has 1 amide bonds. The van der Waals surface area contributed by atoms with E-state index in [0.29, 0.717) is 11.8 Å². The van der Waals surface area contributed by atoms with E-state index < -0.39 is 0 Å². The average molecular weight is 419 g/mol. The number of rotatable bonds is 4. The summed E-state index contributed by atoms with van der Waals surface area (Å²) in [6, 6.07) is 9.79. The normalized spacial score (nSPS) is 26.1. The zero-order chi connectivity index (χ0) is 21.2. The molecular formula is C25H30N4O2. The second-order valence-electron chi connectivity index (χ2n) is 9.15. The minimum atomic E-state index is 0.0997.